The second-order valence-electron chi connectivity index (χ2n) is 2.62. The maximum absolute atomic E-state index is 13.2. The van der Waals surface area contributed by atoms with Gasteiger partial charge in [0, 0.05) is 6.54 Å². The van der Waals surface area contributed by atoms with E-state index in [0.717, 1.165) is 11.8 Å². The molecule has 1 rings (SSSR count). The maximum Gasteiger partial charge on any atom is 0.140 e. The van der Waals surface area contributed by atoms with Crippen LogP contribution in [0.2, 0.25) is 0 Å². The Morgan fingerprint density at radius 3 is 2.36 bits per heavy atom. The van der Waals surface area contributed by atoms with Gasteiger partial charge in [-0.05, 0) is 24.0 Å². The quantitative estimate of drug-likeness (QED) is 0.620. The van der Waals surface area contributed by atoms with E-state index in [0.29, 0.717) is 5.56 Å². The van der Waals surface area contributed by atoms with Gasteiger partial charge in [-0.15, -0.1) is 11.8 Å². The van der Waals surface area contributed by atoms with Crippen LogP contribution in [0.1, 0.15) is 5.56 Å². The molecule has 0 saturated carbocycles. The lowest BCUT2D eigenvalue weighted by Gasteiger charge is -2.06. The second-order valence-corrected chi connectivity index (χ2v) is 3.43. The molecule has 0 aliphatic rings. The van der Waals surface area contributed by atoms with Crippen LogP contribution in [0.3, 0.4) is 0 Å². The lowest BCUT2D eigenvalue weighted by Crippen LogP contribution is -2.11. The topological polar surface area (TPSA) is 21.3 Å². The Hall–Kier alpha value is -0.650. The van der Waals surface area contributed by atoms with Crippen molar-refractivity contribution < 1.29 is 13.6 Å². The first-order chi connectivity index (χ1) is 6.69. The first kappa shape index (κ1) is 11.4. The van der Waals surface area contributed by atoms with Gasteiger partial charge in [-0.2, -0.15) is 5.48 Å². The summed E-state index contributed by atoms with van der Waals surface area (Å²) in [6.45, 7) is 0.277. The van der Waals surface area contributed by atoms with Gasteiger partial charge < -0.3 is 4.84 Å². The number of hydroxylamine groups is 1. The van der Waals surface area contributed by atoms with Crippen molar-refractivity contribution in [3.63, 3.8) is 0 Å². The number of nitrogens with one attached hydrogen (secondary N) is 1. The van der Waals surface area contributed by atoms with Crippen molar-refractivity contribution in [3.05, 3.63) is 29.3 Å². The van der Waals surface area contributed by atoms with E-state index >= 15 is 0 Å². The fourth-order valence-corrected chi connectivity index (χ4v) is 1.57. The average molecular weight is 219 g/mol. The summed E-state index contributed by atoms with van der Waals surface area (Å²) in [6, 6.07) is 2.59. The Morgan fingerprint density at radius 2 is 1.93 bits per heavy atom. The molecule has 1 aromatic rings. The van der Waals surface area contributed by atoms with Crippen LogP contribution in [0.25, 0.3) is 0 Å². The van der Waals surface area contributed by atoms with Crippen LogP contribution in [0.5, 0.6) is 0 Å². The van der Waals surface area contributed by atoms with Crippen molar-refractivity contribution >= 4 is 11.8 Å². The van der Waals surface area contributed by atoms with Crippen LogP contribution >= 0.6 is 11.8 Å². The SMILES string of the molecule is CONCc1cc(F)c(SC)c(F)c1. The predicted molar refractivity (Wildman–Crippen MR) is 52.0 cm³/mol. The summed E-state index contributed by atoms with van der Waals surface area (Å²) < 4.78 is 26.4. The zero-order valence-corrected chi connectivity index (χ0v) is 8.75. The Bertz CT molecular complexity index is 297. The zero-order chi connectivity index (χ0) is 10.6. The van der Waals surface area contributed by atoms with Crippen molar-refractivity contribution in [2.75, 3.05) is 13.4 Å². The first-order valence-corrected chi connectivity index (χ1v) is 5.19. The number of thioether (sulfide) groups is 1. The molecule has 0 amide bonds. The van der Waals surface area contributed by atoms with Crippen molar-refractivity contribution in [1.82, 2.24) is 5.48 Å². The molecule has 1 aromatic carbocycles. The molecule has 14 heavy (non-hydrogen) atoms. The van der Waals surface area contributed by atoms with E-state index in [9.17, 15) is 8.78 Å². The van der Waals surface area contributed by atoms with Crippen molar-refractivity contribution in [1.29, 1.82) is 0 Å². The van der Waals surface area contributed by atoms with E-state index in [1.807, 2.05) is 0 Å². The van der Waals surface area contributed by atoms with Crippen LogP contribution < -0.4 is 5.48 Å². The fraction of sp³-hybridized carbons (Fsp3) is 0.333. The first-order valence-electron chi connectivity index (χ1n) is 3.96. The van der Waals surface area contributed by atoms with Crippen molar-refractivity contribution in [2.45, 2.75) is 11.4 Å². The van der Waals surface area contributed by atoms with Gasteiger partial charge in [0.1, 0.15) is 11.6 Å². The van der Waals surface area contributed by atoms with Gasteiger partial charge >= 0.3 is 0 Å². The van der Waals surface area contributed by atoms with Crippen LogP contribution in [-0.4, -0.2) is 13.4 Å². The summed E-state index contributed by atoms with van der Waals surface area (Å²) in [6.07, 6.45) is 1.63. The highest BCUT2D eigenvalue weighted by molar-refractivity contribution is 7.98. The molecular formula is C9H11F2NOS. The summed E-state index contributed by atoms with van der Waals surface area (Å²) in [5.41, 5.74) is 3.03. The van der Waals surface area contributed by atoms with Crippen LogP contribution in [0.4, 0.5) is 8.78 Å². The molecule has 5 heteroatoms. The van der Waals surface area contributed by atoms with E-state index in [1.54, 1.807) is 6.26 Å². The van der Waals surface area contributed by atoms with Gasteiger partial charge in [0.25, 0.3) is 0 Å². The summed E-state index contributed by atoms with van der Waals surface area (Å²) in [5.74, 6) is -1.07. The molecule has 0 saturated heterocycles. The third kappa shape index (κ3) is 2.67. The molecule has 78 valence electrons. The lowest BCUT2D eigenvalue weighted by molar-refractivity contribution is 0.0865. The number of hydrogen-bond acceptors (Lipinski definition) is 3. The Morgan fingerprint density at radius 1 is 1.36 bits per heavy atom. The van der Waals surface area contributed by atoms with Crippen molar-refractivity contribution in [3.8, 4) is 0 Å². The van der Waals surface area contributed by atoms with Gasteiger partial charge in [0.2, 0.25) is 0 Å². The summed E-state index contributed by atoms with van der Waals surface area (Å²) in [7, 11) is 1.45. The Balaban J connectivity index is 2.90. The van der Waals surface area contributed by atoms with E-state index in [2.05, 4.69) is 10.3 Å². The molecule has 0 heterocycles. The molecule has 0 radical (unpaired) electrons. The van der Waals surface area contributed by atoms with E-state index in [4.69, 9.17) is 0 Å². The fourth-order valence-electron chi connectivity index (χ4n) is 1.06. The Kier molecular flexibility index (Phi) is 4.31. The minimum atomic E-state index is -0.537. The highest BCUT2D eigenvalue weighted by Gasteiger charge is 2.09. The molecule has 2 nitrogen and oxygen atoms in total. The van der Waals surface area contributed by atoms with Gasteiger partial charge in [0.15, 0.2) is 0 Å². The van der Waals surface area contributed by atoms with E-state index in [-0.39, 0.29) is 11.4 Å². The standard InChI is InChI=1S/C9H11F2NOS/c1-13-12-5-6-3-7(10)9(14-2)8(11)4-6/h3-4,12H,5H2,1-2H3. The second kappa shape index (κ2) is 5.29. The highest BCUT2D eigenvalue weighted by Crippen LogP contribution is 2.24. The van der Waals surface area contributed by atoms with Gasteiger partial charge in [-0.25, -0.2) is 8.78 Å². The summed E-state index contributed by atoms with van der Waals surface area (Å²) >= 11 is 1.05. The average Bonchev–Trinajstić information content (AvgIpc) is 2.14. The molecule has 0 spiro atoms. The molecule has 0 aliphatic carbocycles. The number of benzene rings is 1. The molecule has 0 atom stereocenters. The van der Waals surface area contributed by atoms with Crippen LogP contribution in [0, 0.1) is 11.6 Å². The van der Waals surface area contributed by atoms with E-state index < -0.39 is 11.6 Å². The minimum Gasteiger partial charge on any atom is -0.305 e. The monoisotopic (exact) mass is 219 g/mol. The smallest absolute Gasteiger partial charge is 0.140 e. The largest absolute Gasteiger partial charge is 0.305 e. The Labute approximate surface area is 85.6 Å². The van der Waals surface area contributed by atoms with Crippen LogP contribution in [-0.2, 0) is 11.4 Å². The van der Waals surface area contributed by atoms with Gasteiger partial charge in [-0.1, -0.05) is 0 Å². The van der Waals surface area contributed by atoms with Gasteiger partial charge in [0.05, 0.1) is 12.0 Å². The minimum absolute atomic E-state index is 0.0474. The molecule has 0 fully saturated rings. The number of halogens is 2. The number of hydrogen-bond donors (Lipinski definition) is 1. The maximum atomic E-state index is 13.2. The summed E-state index contributed by atoms with van der Waals surface area (Å²) in [4.78, 5) is 4.63. The highest BCUT2D eigenvalue weighted by atomic mass is 32.2. The summed E-state index contributed by atoms with van der Waals surface area (Å²) in [5, 5.41) is 0. The van der Waals surface area contributed by atoms with Crippen LogP contribution in [0.15, 0.2) is 17.0 Å². The molecule has 0 bridgehead atoms. The molecule has 0 aromatic heterocycles. The zero-order valence-electron chi connectivity index (χ0n) is 7.93. The molecule has 0 unspecified atom stereocenters. The molecule has 1 N–H and O–H groups in total. The third-order valence-electron chi connectivity index (χ3n) is 1.68. The third-order valence-corrected chi connectivity index (χ3v) is 2.48. The molecular weight excluding hydrogens is 208 g/mol. The van der Waals surface area contributed by atoms with Crippen molar-refractivity contribution in [2.24, 2.45) is 0 Å². The van der Waals surface area contributed by atoms with E-state index in [1.165, 1.54) is 19.2 Å². The molecule has 0 aliphatic heterocycles. The lowest BCUT2D eigenvalue weighted by atomic mass is 10.2. The predicted octanol–water partition coefficient (Wildman–Crippen LogP) is 2.34. The van der Waals surface area contributed by atoms with Gasteiger partial charge in [-0.3, -0.25) is 0 Å². The normalized spacial score (nSPS) is 10.6. The number of rotatable bonds is 4.